The number of aliphatic imine (C=N–C) groups is 1. The van der Waals surface area contributed by atoms with Crippen LogP contribution in [0.4, 0.5) is 0 Å². The average Bonchev–Trinajstić information content (AvgIpc) is 1.69. The quantitative estimate of drug-likeness (QED) is 0.465. The van der Waals surface area contributed by atoms with Crippen LogP contribution < -0.4 is 5.32 Å². The molecule has 1 N–H and O–H groups in total. The second-order valence-electron chi connectivity index (χ2n) is 1.44. The normalized spacial score (nSPS) is 20.4. The second kappa shape index (κ2) is 2.34. The van der Waals surface area contributed by atoms with Crippen molar-refractivity contribution in [2.75, 3.05) is 13.1 Å². The molecule has 0 bridgehead atoms. The number of hydrogen-bond donors (Lipinski definition) is 1. The molecule has 1 rings (SSSR count). The Labute approximate surface area is 51.2 Å². The fraction of sp³-hybridized carbons (Fsp3) is 0.750. The van der Waals surface area contributed by atoms with E-state index in [0.717, 1.165) is 24.2 Å². The van der Waals surface area contributed by atoms with Gasteiger partial charge in [0.2, 0.25) is 0 Å². The van der Waals surface area contributed by atoms with Crippen molar-refractivity contribution in [1.82, 2.24) is 5.32 Å². The summed E-state index contributed by atoms with van der Waals surface area (Å²) in [5.41, 5.74) is 0. The van der Waals surface area contributed by atoms with Crippen LogP contribution in [0.25, 0.3) is 0 Å². The van der Waals surface area contributed by atoms with Crippen molar-refractivity contribution < 1.29 is 16.0 Å². The van der Waals surface area contributed by atoms with E-state index in [1.54, 1.807) is 0 Å². The van der Waals surface area contributed by atoms with Crippen LogP contribution in [0.1, 0.15) is 6.42 Å². The molecule has 0 radical (unpaired) electrons. The Morgan fingerprint density at radius 1 is 1.71 bits per heavy atom. The molecular weight excluding hydrogens is 132 g/mol. The van der Waals surface area contributed by atoms with Gasteiger partial charge in [-0.3, -0.25) is 0 Å². The summed E-state index contributed by atoms with van der Waals surface area (Å²) in [6.07, 6.45) is 1.15. The van der Waals surface area contributed by atoms with Gasteiger partial charge in [-0.1, -0.05) is 0 Å². The van der Waals surface area contributed by atoms with Crippen LogP contribution in [-0.2, 0) is 16.0 Å². The summed E-state index contributed by atoms with van der Waals surface area (Å²) in [7, 11) is 0. The molecular formula is C4H7FeN2+. The van der Waals surface area contributed by atoms with Crippen LogP contribution >= 0.6 is 0 Å². The van der Waals surface area contributed by atoms with E-state index < -0.39 is 0 Å². The van der Waals surface area contributed by atoms with Crippen molar-refractivity contribution in [2.45, 2.75) is 6.42 Å². The Balaban J connectivity index is 2.40. The average molecular weight is 139 g/mol. The number of hydrogen-bond acceptors (Lipinski definition) is 2. The van der Waals surface area contributed by atoms with Crippen LogP contribution in [0.3, 0.4) is 0 Å². The molecule has 1 aliphatic rings. The molecule has 2 nitrogen and oxygen atoms in total. The molecule has 0 saturated carbocycles. The molecule has 0 aliphatic carbocycles. The van der Waals surface area contributed by atoms with E-state index in [-0.39, 0.29) is 0 Å². The van der Waals surface area contributed by atoms with Crippen molar-refractivity contribution in [3.8, 4) is 0 Å². The van der Waals surface area contributed by atoms with Gasteiger partial charge in [-0.15, -0.1) is 0 Å². The molecule has 0 atom stereocenters. The number of rotatable bonds is 0. The van der Waals surface area contributed by atoms with Gasteiger partial charge >= 0.3 is 50.6 Å². The molecule has 7 heavy (non-hydrogen) atoms. The number of nitrogens with zero attached hydrogens (tertiary/aromatic N) is 1. The van der Waals surface area contributed by atoms with Gasteiger partial charge in [0, 0.05) is 0 Å². The van der Waals surface area contributed by atoms with Gasteiger partial charge in [-0.05, 0) is 0 Å². The van der Waals surface area contributed by atoms with Gasteiger partial charge in [0.05, 0.1) is 0 Å². The first-order valence-corrected chi connectivity index (χ1v) is 2.87. The predicted molar refractivity (Wildman–Crippen MR) is 24.9 cm³/mol. The molecule has 0 unspecified atom stereocenters. The zero-order valence-electron chi connectivity index (χ0n) is 3.92. The molecule has 1 heterocycles. The van der Waals surface area contributed by atoms with E-state index >= 15 is 0 Å². The zero-order valence-corrected chi connectivity index (χ0v) is 5.03. The Morgan fingerprint density at radius 2 is 2.57 bits per heavy atom. The minimum absolute atomic E-state index is 0.839. The van der Waals surface area contributed by atoms with E-state index in [0.29, 0.717) is 0 Å². The Bertz CT molecular complexity index is 89.7. The van der Waals surface area contributed by atoms with Crippen LogP contribution in [0, 0.1) is 0 Å². The van der Waals surface area contributed by atoms with Crippen molar-refractivity contribution in [3.05, 3.63) is 0 Å². The van der Waals surface area contributed by atoms with Gasteiger partial charge in [0.15, 0.2) is 0 Å². The molecule has 40 valence electrons. The van der Waals surface area contributed by atoms with Crippen LogP contribution in [-0.4, -0.2) is 17.8 Å². The summed E-state index contributed by atoms with van der Waals surface area (Å²) in [6.45, 7) is 1.99. The van der Waals surface area contributed by atoms with Gasteiger partial charge in [-0.2, -0.15) is 0 Å². The first-order valence-electron chi connectivity index (χ1n) is 2.32. The molecule has 0 fully saturated rings. The summed E-state index contributed by atoms with van der Waals surface area (Å²) in [6, 6.07) is 0. The Kier molecular flexibility index (Phi) is 1.71. The SMILES string of the molecule is [Fe+][C]1=NCCCN1. The fourth-order valence-corrected chi connectivity index (χ4v) is 0.759. The summed E-state index contributed by atoms with van der Waals surface area (Å²) in [4.78, 5) is 4.02. The minimum atomic E-state index is 0.839. The third-order valence-corrected chi connectivity index (χ3v) is 1.22. The van der Waals surface area contributed by atoms with E-state index in [9.17, 15) is 0 Å². The van der Waals surface area contributed by atoms with Crippen molar-refractivity contribution in [3.63, 3.8) is 0 Å². The number of amidine groups is 1. The van der Waals surface area contributed by atoms with E-state index in [1.807, 2.05) is 0 Å². The fourth-order valence-electron chi connectivity index (χ4n) is 0.498. The molecule has 0 saturated heterocycles. The maximum absolute atomic E-state index is 4.02. The van der Waals surface area contributed by atoms with E-state index in [4.69, 9.17) is 0 Å². The van der Waals surface area contributed by atoms with Crippen molar-refractivity contribution >= 4 is 4.73 Å². The Hall–Kier alpha value is -0.0105. The van der Waals surface area contributed by atoms with Crippen LogP contribution in [0.5, 0.6) is 0 Å². The van der Waals surface area contributed by atoms with Gasteiger partial charge in [0.25, 0.3) is 0 Å². The third-order valence-electron chi connectivity index (χ3n) is 0.848. The summed E-state index contributed by atoms with van der Waals surface area (Å²) >= 11 is 3.64. The summed E-state index contributed by atoms with van der Waals surface area (Å²) in [5.74, 6) is 0. The van der Waals surface area contributed by atoms with Crippen molar-refractivity contribution in [1.29, 1.82) is 0 Å². The standard InChI is InChI=1S/C4H7N2.Fe/c1-2-5-4-6-3-1;/h1-3H2,(H,5,6);/q;+1. The molecule has 0 aromatic carbocycles. The predicted octanol–water partition coefficient (Wildman–Crippen LogP) is -0.118. The molecule has 0 amide bonds. The van der Waals surface area contributed by atoms with Gasteiger partial charge in [0.1, 0.15) is 0 Å². The second-order valence-corrected chi connectivity index (χ2v) is 1.96. The first-order chi connectivity index (χ1) is 3.39. The molecule has 0 aromatic rings. The first kappa shape index (κ1) is 5.13. The molecule has 3 heteroatoms. The van der Waals surface area contributed by atoms with Crippen LogP contribution in [0.2, 0.25) is 0 Å². The van der Waals surface area contributed by atoms with Gasteiger partial charge < -0.3 is 0 Å². The summed E-state index contributed by atoms with van der Waals surface area (Å²) in [5, 5.41) is 3.02. The topological polar surface area (TPSA) is 24.4 Å². The van der Waals surface area contributed by atoms with Crippen molar-refractivity contribution in [2.24, 2.45) is 4.99 Å². The summed E-state index contributed by atoms with van der Waals surface area (Å²) < 4.78 is 0.839. The molecule has 0 spiro atoms. The zero-order chi connectivity index (χ0) is 5.11. The maximum atomic E-state index is 4.02. The molecule has 0 aromatic heterocycles. The Morgan fingerprint density at radius 3 is 2.86 bits per heavy atom. The third kappa shape index (κ3) is 1.49. The number of nitrogens with one attached hydrogen (secondary N) is 1. The van der Waals surface area contributed by atoms with E-state index in [1.165, 1.54) is 0 Å². The van der Waals surface area contributed by atoms with Gasteiger partial charge in [-0.25, -0.2) is 0 Å². The monoisotopic (exact) mass is 139 g/mol. The molecule has 1 aliphatic heterocycles. The van der Waals surface area contributed by atoms with Crippen LogP contribution in [0.15, 0.2) is 4.99 Å². The van der Waals surface area contributed by atoms with E-state index in [2.05, 4.69) is 26.3 Å².